The van der Waals surface area contributed by atoms with E-state index in [1.165, 1.54) is 86.8 Å². The van der Waals surface area contributed by atoms with Crippen molar-refractivity contribution in [2.24, 2.45) is 7.05 Å². The number of benzene rings is 2. The first-order chi connectivity index (χ1) is 16.6. The van der Waals surface area contributed by atoms with Gasteiger partial charge in [0.15, 0.2) is 0 Å². The molecule has 0 spiro atoms. The van der Waals surface area contributed by atoms with Gasteiger partial charge in [0.1, 0.15) is 12.4 Å². The molecule has 2 saturated carbocycles. The molecule has 0 atom stereocenters. The van der Waals surface area contributed by atoms with Crippen LogP contribution in [-0.4, -0.2) is 18.6 Å². The van der Waals surface area contributed by atoms with Crippen molar-refractivity contribution in [1.82, 2.24) is 4.57 Å². The first-order valence-electron chi connectivity index (χ1n) is 13.7. The molecule has 2 aliphatic carbocycles. The molecule has 3 nitrogen and oxygen atoms in total. The minimum Gasteiger partial charge on any atom is -0.372 e. The van der Waals surface area contributed by atoms with E-state index in [2.05, 4.69) is 83.7 Å². The van der Waals surface area contributed by atoms with Gasteiger partial charge in [-0.05, 0) is 74.2 Å². The monoisotopic (exact) mass is 452 g/mol. The molecule has 0 amide bonds. The summed E-state index contributed by atoms with van der Waals surface area (Å²) in [6.45, 7) is 2.47. The van der Waals surface area contributed by atoms with Crippen molar-refractivity contribution in [2.45, 2.75) is 83.0 Å². The third kappa shape index (κ3) is 3.52. The number of aryl methyl sites for hydroxylation is 2. The van der Waals surface area contributed by atoms with Crippen LogP contribution in [0.1, 0.15) is 92.7 Å². The second-order valence-electron chi connectivity index (χ2n) is 11.1. The highest BCUT2D eigenvalue weighted by Gasteiger charge is 2.46. The maximum Gasteiger partial charge on any atom is 0.537 e. The van der Waals surface area contributed by atoms with Gasteiger partial charge in [0.2, 0.25) is 0 Å². The maximum absolute atomic E-state index is 2.57. The van der Waals surface area contributed by atoms with Crippen LogP contribution in [0.3, 0.4) is 0 Å². The zero-order chi connectivity index (χ0) is 23.2. The van der Waals surface area contributed by atoms with Crippen LogP contribution in [0.25, 0.3) is 11.4 Å². The minimum absolute atomic E-state index is 0.209. The van der Waals surface area contributed by atoms with Crippen LogP contribution in [0.15, 0.2) is 48.8 Å². The highest BCUT2D eigenvalue weighted by molar-refractivity contribution is 6.70. The van der Waals surface area contributed by atoms with Crippen molar-refractivity contribution in [3.05, 3.63) is 65.5 Å². The molecule has 0 unspecified atom stereocenters. The third-order valence-corrected chi connectivity index (χ3v) is 9.04. The van der Waals surface area contributed by atoms with E-state index in [0.717, 1.165) is 0 Å². The number of rotatable bonds is 3. The first-order valence-corrected chi connectivity index (χ1v) is 13.7. The van der Waals surface area contributed by atoms with Gasteiger partial charge in [-0.1, -0.05) is 68.9 Å². The second kappa shape index (κ2) is 8.94. The molecule has 1 aliphatic heterocycles. The summed E-state index contributed by atoms with van der Waals surface area (Å²) >= 11 is 0. The third-order valence-electron chi connectivity index (χ3n) is 9.04. The molecule has 0 radical (unpaired) electrons. The molecule has 2 aromatic carbocycles. The molecule has 0 N–H and O–H groups in total. The molecule has 3 aliphatic rings. The molecule has 34 heavy (non-hydrogen) atoms. The van der Waals surface area contributed by atoms with E-state index in [4.69, 9.17) is 0 Å². The number of hydrogen-bond acceptors (Lipinski definition) is 1. The van der Waals surface area contributed by atoms with E-state index in [9.17, 15) is 0 Å². The quantitative estimate of drug-likeness (QED) is 0.439. The lowest BCUT2D eigenvalue weighted by Crippen LogP contribution is -2.71. The zero-order valence-electron chi connectivity index (χ0n) is 21.3. The molecule has 4 heteroatoms. The van der Waals surface area contributed by atoms with Crippen molar-refractivity contribution in [1.29, 1.82) is 0 Å². The lowest BCUT2D eigenvalue weighted by molar-refractivity contribution is -0.523. The second-order valence-corrected chi connectivity index (χ2v) is 11.1. The lowest BCUT2D eigenvalue weighted by atomic mass is 9.56. The minimum atomic E-state index is 0.209. The van der Waals surface area contributed by atoms with Gasteiger partial charge in [0.25, 0.3) is 5.82 Å². The average Bonchev–Trinajstić information content (AvgIpc) is 3.26. The Hall–Kier alpha value is -2.49. The Morgan fingerprint density at radius 3 is 2.00 bits per heavy atom. The summed E-state index contributed by atoms with van der Waals surface area (Å²) in [6, 6.07) is 14.2. The number of anilines is 1. The number of aromatic nitrogens is 2. The van der Waals surface area contributed by atoms with Crippen molar-refractivity contribution in [2.75, 3.05) is 11.9 Å². The van der Waals surface area contributed by atoms with Gasteiger partial charge in [-0.3, -0.25) is 4.48 Å². The van der Waals surface area contributed by atoms with Gasteiger partial charge in [0, 0.05) is 11.2 Å². The summed E-state index contributed by atoms with van der Waals surface area (Å²) in [7, 11) is 4.54. The predicted octanol–water partition coefficient (Wildman–Crippen LogP) is 6.08. The average molecular weight is 452 g/mol. The SMILES string of the molecule is Cc1cccc2c1-c1n(C)cc[n+]1B(c1c(C3CCCCC3)cccc1C1CCCCC1)N2C. The summed E-state index contributed by atoms with van der Waals surface area (Å²) in [6.07, 6.45) is 18.3. The van der Waals surface area contributed by atoms with Gasteiger partial charge < -0.3 is 4.81 Å². The fourth-order valence-electron chi connectivity index (χ4n) is 7.33. The Morgan fingerprint density at radius 2 is 1.38 bits per heavy atom. The summed E-state index contributed by atoms with van der Waals surface area (Å²) < 4.78 is 4.90. The summed E-state index contributed by atoms with van der Waals surface area (Å²) in [4.78, 5) is 2.57. The number of fused-ring (bicyclic) bond motifs is 3. The summed E-state index contributed by atoms with van der Waals surface area (Å²) in [5, 5.41) is 0. The Morgan fingerprint density at radius 1 is 0.794 bits per heavy atom. The molecule has 0 bridgehead atoms. The molecular formula is C30H39BN3+. The molecule has 1 aromatic heterocycles. The molecule has 176 valence electrons. The molecule has 6 rings (SSSR count). The molecule has 0 saturated heterocycles. The van der Waals surface area contributed by atoms with Crippen molar-refractivity contribution in [3.8, 4) is 11.4 Å². The maximum atomic E-state index is 2.57. The fraction of sp³-hybridized carbons (Fsp3) is 0.500. The van der Waals surface area contributed by atoms with E-state index in [1.807, 2.05) is 0 Å². The highest BCUT2D eigenvalue weighted by Crippen LogP contribution is 2.39. The van der Waals surface area contributed by atoms with Crippen LogP contribution < -0.4 is 14.8 Å². The molecule has 2 heterocycles. The Bertz CT molecular complexity index is 1150. The highest BCUT2D eigenvalue weighted by atomic mass is 15.2. The van der Waals surface area contributed by atoms with Crippen LogP contribution in [-0.2, 0) is 7.05 Å². The number of imidazole rings is 1. The zero-order valence-corrected chi connectivity index (χ0v) is 21.3. The van der Waals surface area contributed by atoms with Gasteiger partial charge in [-0.2, -0.15) is 0 Å². The van der Waals surface area contributed by atoms with Crippen LogP contribution >= 0.6 is 0 Å². The van der Waals surface area contributed by atoms with E-state index in [1.54, 1.807) is 16.6 Å². The van der Waals surface area contributed by atoms with E-state index >= 15 is 0 Å². The van der Waals surface area contributed by atoms with Crippen LogP contribution in [0.5, 0.6) is 0 Å². The molecule has 3 aromatic rings. The summed E-state index contributed by atoms with van der Waals surface area (Å²) in [5.74, 6) is 2.74. The Kier molecular flexibility index (Phi) is 5.79. The van der Waals surface area contributed by atoms with Crippen molar-refractivity contribution < 1.29 is 4.48 Å². The first kappa shape index (κ1) is 22.0. The van der Waals surface area contributed by atoms with Crippen molar-refractivity contribution >= 4 is 18.1 Å². The van der Waals surface area contributed by atoms with Gasteiger partial charge in [-0.25, -0.2) is 4.57 Å². The van der Waals surface area contributed by atoms with Gasteiger partial charge in [0.05, 0.1) is 12.6 Å². The number of nitrogens with zero attached hydrogens (tertiary/aromatic N) is 3. The lowest BCUT2D eigenvalue weighted by Gasteiger charge is -2.36. The Labute approximate surface area is 205 Å². The van der Waals surface area contributed by atoms with Crippen LogP contribution in [0.4, 0.5) is 5.69 Å². The Balaban J connectivity index is 1.58. The van der Waals surface area contributed by atoms with Gasteiger partial charge in [-0.15, -0.1) is 0 Å². The molecule has 2 fully saturated rings. The topological polar surface area (TPSA) is 12.0 Å². The van der Waals surface area contributed by atoms with Crippen molar-refractivity contribution in [3.63, 3.8) is 0 Å². The standard InChI is InChI=1S/C30H39BN3/c1-22-12-10-19-27-28(22)30-32(2)20-21-34(30)31(33(27)3)29-25(23-13-6-4-7-14-23)17-11-18-26(29)24-15-8-5-9-16-24/h10-12,17-21,23-24H,4-9,13-16H2,1-3H3/q+1. The van der Waals surface area contributed by atoms with Crippen LogP contribution in [0.2, 0.25) is 0 Å². The smallest absolute Gasteiger partial charge is 0.372 e. The van der Waals surface area contributed by atoms with E-state index < -0.39 is 0 Å². The van der Waals surface area contributed by atoms with Gasteiger partial charge >= 0.3 is 6.98 Å². The normalized spacial score (nSPS) is 19.3. The van der Waals surface area contributed by atoms with Crippen LogP contribution in [0, 0.1) is 6.92 Å². The fourth-order valence-corrected chi connectivity index (χ4v) is 7.33. The number of hydrogen-bond donors (Lipinski definition) is 0. The predicted molar refractivity (Wildman–Crippen MR) is 143 cm³/mol. The largest absolute Gasteiger partial charge is 0.537 e. The summed E-state index contributed by atoms with van der Waals surface area (Å²) in [5.41, 5.74) is 8.99. The van der Waals surface area contributed by atoms with E-state index in [-0.39, 0.29) is 6.98 Å². The molecular weight excluding hydrogens is 413 g/mol. The van der Waals surface area contributed by atoms with E-state index in [0.29, 0.717) is 11.8 Å².